The molecule has 1 aromatic rings. The molecule has 0 spiro atoms. The fourth-order valence-electron chi connectivity index (χ4n) is 3.29. The fourth-order valence-corrected chi connectivity index (χ4v) is 3.29. The van der Waals surface area contributed by atoms with Gasteiger partial charge in [0.1, 0.15) is 0 Å². The Kier molecular flexibility index (Phi) is 4.27. The van der Waals surface area contributed by atoms with E-state index in [4.69, 9.17) is 4.42 Å². The Morgan fingerprint density at radius 3 is 2.29 bits per heavy atom. The summed E-state index contributed by atoms with van der Waals surface area (Å²) in [6.45, 7) is 2.47. The molecule has 2 fully saturated rings. The van der Waals surface area contributed by atoms with E-state index in [-0.39, 0.29) is 11.8 Å². The lowest BCUT2D eigenvalue weighted by Crippen LogP contribution is -2.52. The maximum Gasteiger partial charge on any atom is 0.289 e. The second kappa shape index (κ2) is 6.33. The van der Waals surface area contributed by atoms with E-state index in [1.165, 1.54) is 25.5 Å². The van der Waals surface area contributed by atoms with Crippen LogP contribution in [0.2, 0.25) is 0 Å². The number of carbonyl (C=O) groups excluding carboxylic acids is 2. The molecule has 1 aromatic heterocycles. The predicted octanol–water partition coefficient (Wildman–Crippen LogP) is 2.14. The van der Waals surface area contributed by atoms with Crippen LogP contribution in [0.5, 0.6) is 0 Å². The molecule has 5 nitrogen and oxygen atoms in total. The van der Waals surface area contributed by atoms with Crippen LogP contribution in [0.3, 0.4) is 0 Å². The van der Waals surface area contributed by atoms with Gasteiger partial charge in [-0.05, 0) is 25.0 Å². The van der Waals surface area contributed by atoms with Crippen LogP contribution in [-0.4, -0.2) is 47.8 Å². The number of furan rings is 1. The molecule has 1 saturated heterocycles. The highest BCUT2D eigenvalue weighted by Crippen LogP contribution is 2.26. The van der Waals surface area contributed by atoms with Crippen LogP contribution in [0.15, 0.2) is 22.8 Å². The third-order valence-electron chi connectivity index (χ3n) is 4.56. The normalized spacial score (nSPS) is 20.6. The molecule has 0 bridgehead atoms. The maximum absolute atomic E-state index is 12.5. The second-order valence-electron chi connectivity index (χ2n) is 5.93. The van der Waals surface area contributed by atoms with Gasteiger partial charge in [-0.15, -0.1) is 0 Å². The third-order valence-corrected chi connectivity index (χ3v) is 4.56. The smallest absolute Gasteiger partial charge is 0.289 e. The first-order valence-corrected chi connectivity index (χ1v) is 7.87. The molecular formula is C16H22N2O3. The Morgan fingerprint density at radius 1 is 1.00 bits per heavy atom. The number of amides is 2. The van der Waals surface area contributed by atoms with Crippen LogP contribution < -0.4 is 0 Å². The molecule has 114 valence electrons. The van der Waals surface area contributed by atoms with Crippen molar-refractivity contribution in [2.24, 2.45) is 5.92 Å². The van der Waals surface area contributed by atoms with Gasteiger partial charge >= 0.3 is 0 Å². The van der Waals surface area contributed by atoms with E-state index in [9.17, 15) is 9.59 Å². The minimum Gasteiger partial charge on any atom is -0.459 e. The van der Waals surface area contributed by atoms with E-state index in [1.807, 2.05) is 4.90 Å². The standard InChI is InChI=1S/C16H22N2O3/c19-15(13-5-2-1-3-6-13)17-8-10-18(11-9-17)16(20)14-7-4-12-21-14/h4,7,12-13H,1-3,5-6,8-11H2. The first-order chi connectivity index (χ1) is 10.3. The highest BCUT2D eigenvalue weighted by atomic mass is 16.3. The number of hydrogen-bond acceptors (Lipinski definition) is 3. The van der Waals surface area contributed by atoms with Crippen molar-refractivity contribution >= 4 is 11.8 Å². The average Bonchev–Trinajstić information content (AvgIpc) is 3.09. The van der Waals surface area contributed by atoms with Gasteiger partial charge in [0.05, 0.1) is 6.26 Å². The van der Waals surface area contributed by atoms with Gasteiger partial charge in [-0.3, -0.25) is 9.59 Å². The lowest BCUT2D eigenvalue weighted by molar-refractivity contribution is -0.138. The van der Waals surface area contributed by atoms with Gasteiger partial charge in [0.25, 0.3) is 5.91 Å². The van der Waals surface area contributed by atoms with Crippen molar-refractivity contribution in [3.05, 3.63) is 24.2 Å². The largest absolute Gasteiger partial charge is 0.459 e. The SMILES string of the molecule is O=C(c1ccco1)N1CCN(C(=O)C2CCCCC2)CC1. The predicted molar refractivity (Wildman–Crippen MR) is 77.8 cm³/mol. The number of nitrogens with zero attached hydrogens (tertiary/aromatic N) is 2. The fraction of sp³-hybridized carbons (Fsp3) is 0.625. The van der Waals surface area contributed by atoms with E-state index >= 15 is 0 Å². The second-order valence-corrected chi connectivity index (χ2v) is 5.93. The highest BCUT2D eigenvalue weighted by molar-refractivity contribution is 5.91. The summed E-state index contributed by atoms with van der Waals surface area (Å²) in [5.41, 5.74) is 0. The van der Waals surface area contributed by atoms with Gasteiger partial charge in [0.15, 0.2) is 5.76 Å². The Bertz CT molecular complexity index is 484. The van der Waals surface area contributed by atoms with Crippen LogP contribution in [0.4, 0.5) is 0 Å². The van der Waals surface area contributed by atoms with Crippen LogP contribution in [0.1, 0.15) is 42.7 Å². The van der Waals surface area contributed by atoms with Crippen molar-refractivity contribution in [3.63, 3.8) is 0 Å². The van der Waals surface area contributed by atoms with Crippen molar-refractivity contribution in [2.75, 3.05) is 26.2 Å². The highest BCUT2D eigenvalue weighted by Gasteiger charge is 2.30. The van der Waals surface area contributed by atoms with Crippen LogP contribution >= 0.6 is 0 Å². The molecule has 0 radical (unpaired) electrons. The van der Waals surface area contributed by atoms with Gasteiger partial charge in [0, 0.05) is 32.1 Å². The van der Waals surface area contributed by atoms with Crippen LogP contribution in [0.25, 0.3) is 0 Å². The Morgan fingerprint density at radius 2 is 1.67 bits per heavy atom. The molecular weight excluding hydrogens is 268 g/mol. The number of hydrogen-bond donors (Lipinski definition) is 0. The van der Waals surface area contributed by atoms with Gasteiger partial charge in [0.2, 0.25) is 5.91 Å². The summed E-state index contributed by atoms with van der Waals surface area (Å²) in [6, 6.07) is 3.40. The summed E-state index contributed by atoms with van der Waals surface area (Å²) in [5.74, 6) is 0.803. The van der Waals surface area contributed by atoms with Crippen molar-refractivity contribution in [1.82, 2.24) is 9.80 Å². The Labute approximate surface area is 124 Å². The quantitative estimate of drug-likeness (QED) is 0.838. The average molecular weight is 290 g/mol. The van der Waals surface area contributed by atoms with Crippen molar-refractivity contribution in [3.8, 4) is 0 Å². The van der Waals surface area contributed by atoms with E-state index in [1.54, 1.807) is 17.0 Å². The lowest BCUT2D eigenvalue weighted by Gasteiger charge is -2.36. The molecule has 1 aliphatic heterocycles. The van der Waals surface area contributed by atoms with Crippen LogP contribution in [0, 0.1) is 5.92 Å². The van der Waals surface area contributed by atoms with Gasteiger partial charge < -0.3 is 14.2 Å². The first-order valence-electron chi connectivity index (χ1n) is 7.87. The molecule has 0 atom stereocenters. The summed E-state index contributed by atoms with van der Waals surface area (Å²) in [5, 5.41) is 0. The summed E-state index contributed by atoms with van der Waals surface area (Å²) in [4.78, 5) is 28.3. The summed E-state index contributed by atoms with van der Waals surface area (Å²) in [6.07, 6.45) is 7.18. The molecule has 0 aromatic carbocycles. The number of piperazine rings is 1. The zero-order chi connectivity index (χ0) is 14.7. The zero-order valence-corrected chi connectivity index (χ0v) is 12.3. The first kappa shape index (κ1) is 14.2. The summed E-state index contributed by atoms with van der Waals surface area (Å²) in [7, 11) is 0. The molecule has 2 amide bonds. The van der Waals surface area contributed by atoms with Gasteiger partial charge in [-0.25, -0.2) is 0 Å². The number of rotatable bonds is 2. The lowest BCUT2D eigenvalue weighted by atomic mass is 9.88. The molecule has 2 aliphatic rings. The summed E-state index contributed by atoms with van der Waals surface area (Å²) >= 11 is 0. The number of carbonyl (C=O) groups is 2. The van der Waals surface area contributed by atoms with E-state index in [2.05, 4.69) is 0 Å². The third kappa shape index (κ3) is 3.12. The maximum atomic E-state index is 12.5. The van der Waals surface area contributed by atoms with Crippen LogP contribution in [-0.2, 0) is 4.79 Å². The minimum atomic E-state index is -0.0789. The summed E-state index contributed by atoms with van der Waals surface area (Å²) < 4.78 is 5.15. The molecule has 1 saturated carbocycles. The van der Waals surface area contributed by atoms with Gasteiger partial charge in [-0.1, -0.05) is 19.3 Å². The molecule has 3 rings (SSSR count). The molecule has 5 heteroatoms. The van der Waals surface area contributed by atoms with E-state index in [0.29, 0.717) is 37.8 Å². The molecule has 2 heterocycles. The van der Waals surface area contributed by atoms with Gasteiger partial charge in [-0.2, -0.15) is 0 Å². The van der Waals surface area contributed by atoms with E-state index < -0.39 is 0 Å². The van der Waals surface area contributed by atoms with E-state index in [0.717, 1.165) is 12.8 Å². The molecule has 0 N–H and O–H groups in total. The monoisotopic (exact) mass is 290 g/mol. The topological polar surface area (TPSA) is 53.8 Å². The van der Waals surface area contributed by atoms with Crippen molar-refractivity contribution in [1.29, 1.82) is 0 Å². The zero-order valence-electron chi connectivity index (χ0n) is 12.3. The molecule has 0 unspecified atom stereocenters. The van der Waals surface area contributed by atoms with Crippen molar-refractivity contribution in [2.45, 2.75) is 32.1 Å². The van der Waals surface area contributed by atoms with Crippen molar-refractivity contribution < 1.29 is 14.0 Å². The molecule has 21 heavy (non-hydrogen) atoms. The Hall–Kier alpha value is -1.78. The minimum absolute atomic E-state index is 0.0789. The Balaban J connectivity index is 1.52. The molecule has 1 aliphatic carbocycles.